The molecule has 2 nitrogen and oxygen atoms in total. The summed E-state index contributed by atoms with van der Waals surface area (Å²) in [5.74, 6) is 0.00738. The topological polar surface area (TPSA) is 35.2 Å². The summed E-state index contributed by atoms with van der Waals surface area (Å²) in [5.41, 5.74) is 5.45. The highest BCUT2D eigenvalue weighted by molar-refractivity contribution is 5.28. The van der Waals surface area contributed by atoms with Crippen LogP contribution < -0.4 is 10.5 Å². The second-order valence-electron chi connectivity index (χ2n) is 2.65. The zero-order valence-corrected chi connectivity index (χ0v) is 7.29. The van der Waals surface area contributed by atoms with Crippen LogP contribution in [-0.2, 0) is 0 Å². The van der Waals surface area contributed by atoms with Crippen LogP contribution in [0.5, 0.6) is 5.75 Å². The molecule has 0 heterocycles. The molecule has 0 aliphatic rings. The first-order chi connectivity index (χ1) is 6.63. The molecule has 0 aliphatic heterocycles. The van der Waals surface area contributed by atoms with Crippen LogP contribution in [-0.4, -0.2) is 13.2 Å². The summed E-state index contributed by atoms with van der Waals surface area (Å²) >= 11 is 0. The van der Waals surface area contributed by atoms with Crippen LogP contribution >= 0.6 is 0 Å². The van der Waals surface area contributed by atoms with Crippen molar-refractivity contribution >= 4 is 0 Å². The quantitative estimate of drug-likeness (QED) is 0.818. The van der Waals surface area contributed by atoms with Crippen molar-refractivity contribution < 1.29 is 17.9 Å². The minimum atomic E-state index is -2.86. The van der Waals surface area contributed by atoms with Crippen LogP contribution in [0.2, 0.25) is 0 Å². The lowest BCUT2D eigenvalue weighted by molar-refractivity contribution is -0.0498. The minimum Gasteiger partial charge on any atom is -0.435 e. The number of hydrogen-bond acceptors (Lipinski definition) is 2. The van der Waals surface area contributed by atoms with E-state index in [9.17, 15) is 13.2 Å². The average Bonchev–Trinajstić information content (AvgIpc) is 2.17. The first-order valence-electron chi connectivity index (χ1n) is 4.02. The van der Waals surface area contributed by atoms with Crippen LogP contribution in [0.3, 0.4) is 0 Å². The molecule has 0 aliphatic carbocycles. The van der Waals surface area contributed by atoms with Crippen molar-refractivity contribution in [3.8, 4) is 5.75 Å². The molecule has 0 amide bonds. The van der Waals surface area contributed by atoms with E-state index in [0.717, 1.165) is 0 Å². The van der Waals surface area contributed by atoms with Gasteiger partial charge in [0.1, 0.15) is 11.9 Å². The Hall–Kier alpha value is -1.23. The van der Waals surface area contributed by atoms with E-state index in [1.54, 1.807) is 0 Å². The Bertz CT molecular complexity index is 276. The molecule has 5 heteroatoms. The van der Waals surface area contributed by atoms with E-state index in [2.05, 4.69) is 4.74 Å². The van der Waals surface area contributed by atoms with Gasteiger partial charge in [-0.3, -0.25) is 0 Å². The number of halogens is 3. The maximum atomic E-state index is 12.9. The lowest BCUT2D eigenvalue weighted by Gasteiger charge is -2.07. The van der Waals surface area contributed by atoms with Gasteiger partial charge >= 0.3 is 6.61 Å². The van der Waals surface area contributed by atoms with Gasteiger partial charge in [-0.25, -0.2) is 4.39 Å². The summed E-state index contributed by atoms with van der Waals surface area (Å²) < 4.78 is 40.5. The third kappa shape index (κ3) is 2.92. The summed E-state index contributed by atoms with van der Waals surface area (Å²) in [6.07, 6.45) is -1.27. The molecule has 78 valence electrons. The second-order valence-corrected chi connectivity index (χ2v) is 2.65. The molecule has 1 unspecified atom stereocenters. The molecule has 1 aromatic rings. The maximum Gasteiger partial charge on any atom is 0.387 e. The summed E-state index contributed by atoms with van der Waals surface area (Å²) in [4.78, 5) is 0. The molecule has 0 bridgehead atoms. The predicted octanol–water partition coefficient (Wildman–Crippen LogP) is 2.26. The van der Waals surface area contributed by atoms with Gasteiger partial charge in [0.25, 0.3) is 0 Å². The van der Waals surface area contributed by atoms with Crippen molar-refractivity contribution in [2.75, 3.05) is 6.54 Å². The van der Waals surface area contributed by atoms with Crippen molar-refractivity contribution in [2.45, 2.75) is 12.8 Å². The molecule has 2 N–H and O–H groups in total. The van der Waals surface area contributed by atoms with Gasteiger partial charge < -0.3 is 10.5 Å². The van der Waals surface area contributed by atoms with E-state index >= 15 is 0 Å². The van der Waals surface area contributed by atoms with Gasteiger partial charge in [-0.15, -0.1) is 0 Å². The van der Waals surface area contributed by atoms with Gasteiger partial charge in [-0.1, -0.05) is 12.1 Å². The Kier molecular flexibility index (Phi) is 3.76. The highest BCUT2D eigenvalue weighted by Crippen LogP contribution is 2.20. The molecule has 14 heavy (non-hydrogen) atoms. The highest BCUT2D eigenvalue weighted by atomic mass is 19.3. The largest absolute Gasteiger partial charge is 0.435 e. The standard InChI is InChI=1S/C9H10F3NO/c10-8(5-13)6-1-3-7(4-2-6)14-9(11)12/h1-4,8-9H,5,13H2. The SMILES string of the molecule is NCC(F)c1ccc(OC(F)F)cc1. The zero-order valence-electron chi connectivity index (χ0n) is 7.29. The number of rotatable bonds is 4. The van der Waals surface area contributed by atoms with Crippen molar-refractivity contribution in [1.29, 1.82) is 0 Å². The van der Waals surface area contributed by atoms with E-state index in [1.807, 2.05) is 0 Å². The fraction of sp³-hybridized carbons (Fsp3) is 0.333. The van der Waals surface area contributed by atoms with E-state index in [4.69, 9.17) is 5.73 Å². The molecule has 1 atom stereocenters. The minimum absolute atomic E-state index is 0.00738. The van der Waals surface area contributed by atoms with Crippen molar-refractivity contribution in [3.05, 3.63) is 29.8 Å². The molecule has 0 aromatic heterocycles. The van der Waals surface area contributed by atoms with Crippen LogP contribution in [0.25, 0.3) is 0 Å². The Balaban J connectivity index is 2.68. The number of nitrogens with two attached hydrogens (primary N) is 1. The van der Waals surface area contributed by atoms with Crippen molar-refractivity contribution in [2.24, 2.45) is 5.73 Å². The van der Waals surface area contributed by atoms with Gasteiger partial charge in [0, 0.05) is 6.54 Å². The number of ether oxygens (including phenoxy) is 1. The van der Waals surface area contributed by atoms with Gasteiger partial charge in [0.05, 0.1) is 0 Å². The second kappa shape index (κ2) is 4.85. The van der Waals surface area contributed by atoms with Crippen molar-refractivity contribution in [3.63, 3.8) is 0 Å². The molecule has 0 fully saturated rings. The van der Waals surface area contributed by atoms with Crippen LogP contribution in [0, 0.1) is 0 Å². The van der Waals surface area contributed by atoms with Crippen LogP contribution in [0.1, 0.15) is 11.7 Å². The number of benzene rings is 1. The molecule has 1 rings (SSSR count). The lowest BCUT2D eigenvalue weighted by Crippen LogP contribution is -2.07. The van der Waals surface area contributed by atoms with Crippen molar-refractivity contribution in [1.82, 2.24) is 0 Å². The Morgan fingerprint density at radius 3 is 2.14 bits per heavy atom. The molecule has 0 radical (unpaired) electrons. The van der Waals surface area contributed by atoms with Gasteiger partial charge in [-0.2, -0.15) is 8.78 Å². The summed E-state index contributed by atoms with van der Waals surface area (Å²) in [6.45, 7) is -2.99. The maximum absolute atomic E-state index is 12.9. The molecule has 0 saturated heterocycles. The van der Waals surface area contributed by atoms with E-state index in [1.165, 1.54) is 24.3 Å². The smallest absolute Gasteiger partial charge is 0.387 e. The Morgan fingerprint density at radius 1 is 1.14 bits per heavy atom. The normalized spacial score (nSPS) is 12.9. The molecule has 0 spiro atoms. The molecule has 1 aromatic carbocycles. The molecular formula is C9H10F3NO. The van der Waals surface area contributed by atoms with Crippen LogP contribution in [0.15, 0.2) is 24.3 Å². The van der Waals surface area contributed by atoms with Crippen LogP contribution in [0.4, 0.5) is 13.2 Å². The molecular weight excluding hydrogens is 195 g/mol. The molecule has 0 saturated carbocycles. The fourth-order valence-electron chi connectivity index (χ4n) is 0.994. The Morgan fingerprint density at radius 2 is 1.71 bits per heavy atom. The summed E-state index contributed by atoms with van der Waals surface area (Å²) in [5, 5.41) is 0. The number of hydrogen-bond donors (Lipinski definition) is 1. The number of alkyl halides is 3. The zero-order chi connectivity index (χ0) is 10.6. The summed E-state index contributed by atoms with van der Waals surface area (Å²) in [7, 11) is 0. The highest BCUT2D eigenvalue weighted by Gasteiger charge is 2.08. The third-order valence-corrected chi connectivity index (χ3v) is 1.67. The Labute approximate surface area is 79.5 Å². The predicted molar refractivity (Wildman–Crippen MR) is 46.0 cm³/mol. The average molecular weight is 205 g/mol. The first-order valence-corrected chi connectivity index (χ1v) is 4.02. The summed E-state index contributed by atoms with van der Waals surface area (Å²) in [6, 6.07) is 5.30. The van der Waals surface area contributed by atoms with Gasteiger partial charge in [0.15, 0.2) is 0 Å². The van der Waals surface area contributed by atoms with Gasteiger partial charge in [-0.05, 0) is 17.7 Å². The van der Waals surface area contributed by atoms with E-state index < -0.39 is 12.8 Å². The first kappa shape index (κ1) is 10.8. The van der Waals surface area contributed by atoms with E-state index in [-0.39, 0.29) is 12.3 Å². The van der Waals surface area contributed by atoms with E-state index in [0.29, 0.717) is 5.56 Å². The van der Waals surface area contributed by atoms with Gasteiger partial charge in [0.2, 0.25) is 0 Å². The third-order valence-electron chi connectivity index (χ3n) is 1.67. The fourth-order valence-corrected chi connectivity index (χ4v) is 0.994. The monoisotopic (exact) mass is 205 g/mol. The lowest BCUT2D eigenvalue weighted by atomic mass is 10.1.